The highest BCUT2D eigenvalue weighted by atomic mass is 16.5. The summed E-state index contributed by atoms with van der Waals surface area (Å²) in [6, 6.07) is 14.8. The minimum absolute atomic E-state index is 0.0395. The van der Waals surface area contributed by atoms with Gasteiger partial charge in [0.05, 0.1) is 13.5 Å². The third kappa shape index (κ3) is 5.90. The average Bonchev–Trinajstić information content (AvgIpc) is 3.21. The summed E-state index contributed by atoms with van der Waals surface area (Å²) in [4.78, 5) is 27.9. The number of carbonyl (C=O) groups is 2. The zero-order valence-corrected chi connectivity index (χ0v) is 19.8. The first-order valence-corrected chi connectivity index (χ1v) is 11.8. The van der Waals surface area contributed by atoms with Gasteiger partial charge in [-0.1, -0.05) is 42.5 Å². The quantitative estimate of drug-likeness (QED) is 0.461. The van der Waals surface area contributed by atoms with E-state index in [1.54, 1.807) is 19.4 Å². The van der Waals surface area contributed by atoms with Crippen LogP contribution in [0.2, 0.25) is 0 Å². The molecule has 0 spiro atoms. The Morgan fingerprint density at radius 3 is 2.46 bits per heavy atom. The first-order valence-electron chi connectivity index (χ1n) is 11.8. The molecule has 184 valence electrons. The zero-order chi connectivity index (χ0) is 24.8. The van der Waals surface area contributed by atoms with Crippen molar-refractivity contribution in [1.29, 1.82) is 0 Å². The molecule has 2 N–H and O–H groups in total. The fraction of sp³-hybridized carbons (Fsp3) is 0.333. The predicted octanol–water partition coefficient (Wildman–Crippen LogP) is 3.58. The summed E-state index contributed by atoms with van der Waals surface area (Å²) in [5, 5.41) is 20.1. The van der Waals surface area contributed by atoms with Crippen molar-refractivity contribution >= 4 is 28.9 Å². The number of fused-ring (bicyclic) bond motifs is 1. The molecule has 3 aromatic rings. The second-order valence-electron chi connectivity index (χ2n) is 8.70. The molecule has 1 atom stereocenters. The molecule has 4 rings (SSSR count). The SMILES string of the molecule is COc1ccc2c(c1)c([C@H](C(=O)O)N1CCN(CC=Cc3ccccc3)CC1)cn2CCC(=O)O. The molecule has 0 aliphatic carbocycles. The van der Waals surface area contributed by atoms with Crippen LogP contribution in [0.4, 0.5) is 0 Å². The second kappa shape index (κ2) is 11.2. The predicted molar refractivity (Wildman–Crippen MR) is 135 cm³/mol. The van der Waals surface area contributed by atoms with Gasteiger partial charge in [-0.15, -0.1) is 0 Å². The maximum Gasteiger partial charge on any atom is 0.325 e. The van der Waals surface area contributed by atoms with Gasteiger partial charge < -0.3 is 19.5 Å². The van der Waals surface area contributed by atoms with E-state index >= 15 is 0 Å². The first kappa shape index (κ1) is 24.5. The summed E-state index contributed by atoms with van der Waals surface area (Å²) in [6.07, 6.45) is 6.00. The van der Waals surface area contributed by atoms with Gasteiger partial charge in [0.15, 0.2) is 0 Å². The lowest BCUT2D eigenvalue weighted by Crippen LogP contribution is -2.49. The standard InChI is InChI=1S/C27H31N3O5/c1-35-21-9-10-24-22(18-21)23(19-30(24)13-11-25(31)32)26(27(33)34)29-16-14-28(15-17-29)12-5-8-20-6-3-2-4-7-20/h2-10,18-19,26H,11-17H2,1H3,(H,31,32)(H,33,34)/t26-/m1/s1. The van der Waals surface area contributed by atoms with E-state index in [0.29, 0.717) is 24.4 Å². The molecule has 8 heteroatoms. The minimum Gasteiger partial charge on any atom is -0.497 e. The Morgan fingerprint density at radius 1 is 1.06 bits per heavy atom. The molecule has 1 saturated heterocycles. The first-order chi connectivity index (χ1) is 17.0. The fourth-order valence-corrected chi connectivity index (χ4v) is 4.64. The molecular weight excluding hydrogens is 446 g/mol. The van der Waals surface area contributed by atoms with Gasteiger partial charge in [-0.3, -0.25) is 19.4 Å². The number of benzene rings is 2. The van der Waals surface area contributed by atoms with Crippen LogP contribution in [0.1, 0.15) is 23.6 Å². The highest BCUT2D eigenvalue weighted by Crippen LogP contribution is 2.33. The van der Waals surface area contributed by atoms with Crippen molar-refractivity contribution in [3.8, 4) is 5.75 Å². The number of carboxylic acids is 2. The van der Waals surface area contributed by atoms with Crippen LogP contribution in [-0.4, -0.2) is 76.4 Å². The Bertz CT molecular complexity index is 1200. The van der Waals surface area contributed by atoms with Crippen molar-refractivity contribution in [2.75, 3.05) is 39.8 Å². The van der Waals surface area contributed by atoms with Gasteiger partial charge in [-0.25, -0.2) is 0 Å². The maximum absolute atomic E-state index is 12.5. The molecular formula is C27H31N3O5. The summed E-state index contributed by atoms with van der Waals surface area (Å²) < 4.78 is 7.21. The Morgan fingerprint density at radius 2 is 1.80 bits per heavy atom. The monoisotopic (exact) mass is 477 g/mol. The van der Waals surface area contributed by atoms with Crippen LogP contribution >= 0.6 is 0 Å². The summed E-state index contributed by atoms with van der Waals surface area (Å²) in [6.45, 7) is 3.87. The minimum atomic E-state index is -0.914. The molecule has 0 bridgehead atoms. The largest absolute Gasteiger partial charge is 0.497 e. The van der Waals surface area contributed by atoms with Crippen LogP contribution in [-0.2, 0) is 16.1 Å². The summed E-state index contributed by atoms with van der Waals surface area (Å²) >= 11 is 0. The normalized spacial score (nSPS) is 16.0. The van der Waals surface area contributed by atoms with Gasteiger partial charge in [-0.05, 0) is 23.8 Å². The van der Waals surface area contributed by atoms with Crippen LogP contribution in [0.15, 0.2) is 60.8 Å². The molecule has 8 nitrogen and oxygen atoms in total. The van der Waals surface area contributed by atoms with E-state index in [1.807, 2.05) is 39.8 Å². The molecule has 0 radical (unpaired) electrons. The number of carboxylic acid groups (broad SMARTS) is 2. The van der Waals surface area contributed by atoms with Crippen LogP contribution in [0.25, 0.3) is 17.0 Å². The number of hydrogen-bond acceptors (Lipinski definition) is 5. The van der Waals surface area contributed by atoms with E-state index in [-0.39, 0.29) is 13.0 Å². The smallest absolute Gasteiger partial charge is 0.325 e. The van der Waals surface area contributed by atoms with E-state index < -0.39 is 18.0 Å². The molecule has 35 heavy (non-hydrogen) atoms. The zero-order valence-electron chi connectivity index (χ0n) is 19.8. The van der Waals surface area contributed by atoms with E-state index in [1.165, 1.54) is 0 Å². The molecule has 1 aliphatic heterocycles. The molecule has 0 amide bonds. The van der Waals surface area contributed by atoms with Gasteiger partial charge in [-0.2, -0.15) is 0 Å². The van der Waals surface area contributed by atoms with Crippen molar-refractivity contribution in [1.82, 2.24) is 14.4 Å². The topological polar surface area (TPSA) is 95.2 Å². The van der Waals surface area contributed by atoms with Crippen molar-refractivity contribution < 1.29 is 24.5 Å². The third-order valence-electron chi connectivity index (χ3n) is 6.46. The van der Waals surface area contributed by atoms with Crippen molar-refractivity contribution in [3.05, 3.63) is 71.9 Å². The Hall–Kier alpha value is -3.62. The Kier molecular flexibility index (Phi) is 7.84. The summed E-state index contributed by atoms with van der Waals surface area (Å²) in [7, 11) is 1.57. The van der Waals surface area contributed by atoms with Crippen molar-refractivity contribution in [2.45, 2.75) is 19.0 Å². The van der Waals surface area contributed by atoms with Crippen LogP contribution in [0, 0.1) is 0 Å². The fourth-order valence-electron chi connectivity index (χ4n) is 4.64. The van der Waals surface area contributed by atoms with E-state index in [9.17, 15) is 14.7 Å². The summed E-state index contributed by atoms with van der Waals surface area (Å²) in [5.74, 6) is -1.18. The van der Waals surface area contributed by atoms with Crippen LogP contribution < -0.4 is 4.74 Å². The molecule has 1 aromatic heterocycles. The molecule has 2 aromatic carbocycles. The van der Waals surface area contributed by atoms with Gasteiger partial charge in [0.2, 0.25) is 0 Å². The highest BCUT2D eigenvalue weighted by molar-refractivity contribution is 5.90. The number of aromatic nitrogens is 1. The Labute approximate surface area is 204 Å². The lowest BCUT2D eigenvalue weighted by molar-refractivity contribution is -0.144. The van der Waals surface area contributed by atoms with Crippen molar-refractivity contribution in [3.63, 3.8) is 0 Å². The van der Waals surface area contributed by atoms with Crippen LogP contribution in [0.5, 0.6) is 5.75 Å². The Balaban J connectivity index is 1.51. The molecule has 0 unspecified atom stereocenters. The van der Waals surface area contributed by atoms with Gasteiger partial charge in [0, 0.05) is 61.9 Å². The number of methoxy groups -OCH3 is 1. The lowest BCUT2D eigenvalue weighted by Gasteiger charge is -2.37. The molecule has 1 fully saturated rings. The summed E-state index contributed by atoms with van der Waals surface area (Å²) in [5.41, 5.74) is 2.62. The van der Waals surface area contributed by atoms with Gasteiger partial charge in [0.1, 0.15) is 11.8 Å². The van der Waals surface area contributed by atoms with Crippen LogP contribution in [0.3, 0.4) is 0 Å². The number of piperazine rings is 1. The average molecular weight is 478 g/mol. The lowest BCUT2D eigenvalue weighted by atomic mass is 10.0. The number of aliphatic carboxylic acids is 2. The number of hydrogen-bond donors (Lipinski definition) is 2. The van der Waals surface area contributed by atoms with E-state index in [0.717, 1.165) is 36.1 Å². The van der Waals surface area contributed by atoms with Gasteiger partial charge >= 0.3 is 11.9 Å². The number of nitrogens with zero attached hydrogens (tertiary/aromatic N) is 3. The van der Waals surface area contributed by atoms with Crippen molar-refractivity contribution in [2.24, 2.45) is 0 Å². The highest BCUT2D eigenvalue weighted by Gasteiger charge is 2.32. The molecule has 2 heterocycles. The second-order valence-corrected chi connectivity index (χ2v) is 8.70. The van der Waals surface area contributed by atoms with Gasteiger partial charge in [0.25, 0.3) is 0 Å². The molecule has 1 aliphatic rings. The van der Waals surface area contributed by atoms with E-state index in [2.05, 4.69) is 29.2 Å². The molecule has 0 saturated carbocycles. The number of rotatable bonds is 10. The third-order valence-corrected chi connectivity index (χ3v) is 6.46. The van der Waals surface area contributed by atoms with E-state index in [4.69, 9.17) is 9.84 Å². The maximum atomic E-state index is 12.5. The number of ether oxygens (including phenoxy) is 1. The number of aryl methyl sites for hydroxylation is 1.